The summed E-state index contributed by atoms with van der Waals surface area (Å²) in [5.41, 5.74) is -3.47. The molecule has 0 spiro atoms. The van der Waals surface area contributed by atoms with E-state index in [1.807, 2.05) is 6.92 Å². The van der Waals surface area contributed by atoms with Crippen molar-refractivity contribution in [3.8, 4) is 0 Å². The predicted octanol–water partition coefficient (Wildman–Crippen LogP) is 1.44. The van der Waals surface area contributed by atoms with E-state index in [0.717, 1.165) is 11.9 Å². The quantitative estimate of drug-likeness (QED) is 0.424. The summed E-state index contributed by atoms with van der Waals surface area (Å²) in [7, 11) is 0. The first-order chi connectivity index (χ1) is 15.5. The molecular formula is C25H34O8. The van der Waals surface area contributed by atoms with E-state index in [1.165, 1.54) is 13.0 Å². The summed E-state index contributed by atoms with van der Waals surface area (Å²) in [5.74, 6) is -1.69. The van der Waals surface area contributed by atoms with E-state index >= 15 is 0 Å². The molecule has 8 nitrogen and oxygen atoms in total. The van der Waals surface area contributed by atoms with Gasteiger partial charge in [-0.15, -0.1) is 0 Å². The first-order valence-corrected chi connectivity index (χ1v) is 12.1. The van der Waals surface area contributed by atoms with E-state index < -0.39 is 46.2 Å². The van der Waals surface area contributed by atoms with E-state index in [-0.39, 0.29) is 37.2 Å². The van der Waals surface area contributed by atoms with E-state index in [1.54, 1.807) is 0 Å². The monoisotopic (exact) mass is 462 g/mol. The van der Waals surface area contributed by atoms with Gasteiger partial charge in [0.2, 0.25) is 0 Å². The zero-order chi connectivity index (χ0) is 23.8. The van der Waals surface area contributed by atoms with Gasteiger partial charge in [-0.3, -0.25) is 4.79 Å². The Morgan fingerprint density at radius 1 is 1.15 bits per heavy atom. The van der Waals surface area contributed by atoms with Gasteiger partial charge in [-0.2, -0.15) is 0 Å². The number of esters is 2. The van der Waals surface area contributed by atoms with Crippen molar-refractivity contribution < 1.29 is 39.2 Å². The molecule has 0 aromatic rings. The van der Waals surface area contributed by atoms with Crippen molar-refractivity contribution in [2.75, 3.05) is 6.61 Å². The number of fused-ring (bicyclic) bond motifs is 5. The molecule has 4 fully saturated rings. The van der Waals surface area contributed by atoms with Gasteiger partial charge < -0.3 is 29.6 Å². The van der Waals surface area contributed by atoms with Crippen LogP contribution in [0, 0.1) is 28.6 Å². The van der Waals surface area contributed by atoms with Gasteiger partial charge in [0.1, 0.15) is 19.0 Å². The fourth-order valence-corrected chi connectivity index (χ4v) is 8.73. The average Bonchev–Trinajstić information content (AvgIpc) is 3.23. The van der Waals surface area contributed by atoms with Gasteiger partial charge in [0.25, 0.3) is 0 Å². The lowest BCUT2D eigenvalue weighted by atomic mass is 9.41. The van der Waals surface area contributed by atoms with Gasteiger partial charge >= 0.3 is 11.9 Å². The van der Waals surface area contributed by atoms with Crippen LogP contribution < -0.4 is 0 Å². The van der Waals surface area contributed by atoms with E-state index in [9.17, 15) is 29.7 Å². The van der Waals surface area contributed by atoms with Gasteiger partial charge in [0, 0.05) is 37.2 Å². The summed E-state index contributed by atoms with van der Waals surface area (Å²) in [6.07, 6.45) is 4.45. The Labute approximate surface area is 193 Å². The zero-order valence-corrected chi connectivity index (χ0v) is 19.3. The minimum atomic E-state index is -1.29. The molecule has 0 aromatic heterocycles. The zero-order valence-electron chi connectivity index (χ0n) is 19.3. The fourth-order valence-electron chi connectivity index (χ4n) is 8.73. The van der Waals surface area contributed by atoms with Crippen LogP contribution in [0.3, 0.4) is 0 Å². The van der Waals surface area contributed by atoms with Crippen LogP contribution in [0.4, 0.5) is 0 Å². The van der Waals surface area contributed by atoms with Gasteiger partial charge in [0.15, 0.2) is 0 Å². The summed E-state index contributed by atoms with van der Waals surface area (Å²) in [6.45, 7) is 3.47. The second-order valence-corrected chi connectivity index (χ2v) is 11.4. The van der Waals surface area contributed by atoms with Crippen molar-refractivity contribution >= 4 is 18.2 Å². The van der Waals surface area contributed by atoms with Crippen molar-refractivity contribution in [3.05, 3.63) is 11.6 Å². The van der Waals surface area contributed by atoms with Crippen LogP contribution in [-0.4, -0.2) is 63.6 Å². The highest BCUT2D eigenvalue weighted by atomic mass is 16.5. The first-order valence-electron chi connectivity index (χ1n) is 12.1. The molecule has 0 saturated heterocycles. The van der Waals surface area contributed by atoms with Crippen molar-refractivity contribution in [3.63, 3.8) is 0 Å². The van der Waals surface area contributed by atoms with Crippen LogP contribution in [0.15, 0.2) is 11.6 Å². The maximum atomic E-state index is 12.7. The van der Waals surface area contributed by atoms with E-state index in [2.05, 4.69) is 0 Å². The molecule has 9 atom stereocenters. The van der Waals surface area contributed by atoms with Crippen molar-refractivity contribution in [2.45, 2.75) is 88.6 Å². The van der Waals surface area contributed by atoms with Crippen LogP contribution in [0.1, 0.15) is 65.2 Å². The minimum Gasteiger partial charge on any atom is -0.462 e. The number of rotatable bonds is 3. The molecule has 3 N–H and O–H groups in total. The third kappa shape index (κ3) is 2.96. The highest BCUT2D eigenvalue weighted by Crippen LogP contribution is 2.70. The number of aliphatic hydroxyl groups excluding tert-OH is 1. The Kier molecular flexibility index (Phi) is 5.13. The summed E-state index contributed by atoms with van der Waals surface area (Å²) < 4.78 is 10.5. The van der Waals surface area contributed by atoms with Crippen LogP contribution in [0.25, 0.3) is 0 Å². The molecule has 5 rings (SSSR count). The largest absolute Gasteiger partial charge is 0.462 e. The number of hydrogen-bond acceptors (Lipinski definition) is 8. The van der Waals surface area contributed by atoms with Crippen LogP contribution in [-0.2, 0) is 23.9 Å². The van der Waals surface area contributed by atoms with Crippen molar-refractivity contribution in [2.24, 2.45) is 28.6 Å². The normalized spacial score (nSPS) is 51.0. The molecule has 9 unspecified atom stereocenters. The molecule has 0 bridgehead atoms. The molecule has 0 amide bonds. The lowest BCUT2D eigenvalue weighted by molar-refractivity contribution is -0.249. The number of hydrogen-bond donors (Lipinski definition) is 3. The maximum Gasteiger partial charge on any atom is 0.331 e. The Morgan fingerprint density at radius 2 is 1.88 bits per heavy atom. The highest BCUT2D eigenvalue weighted by molar-refractivity contribution is 5.85. The second kappa shape index (κ2) is 7.36. The standard InChI is InChI=1S/C25H34O8/c1-14(27)33-16-3-7-23(13-26)17-4-6-22(2)21(15-9-20(29)32-12-15)19(28)11-25(22,31)18(17)5-8-24(23,30)10-16/h9,13,16-19,21,28,30-31H,3-8,10-12H2,1-2H3. The lowest BCUT2D eigenvalue weighted by Gasteiger charge is -2.65. The molecule has 4 aliphatic carbocycles. The molecule has 33 heavy (non-hydrogen) atoms. The Balaban J connectivity index is 1.49. The molecule has 4 saturated carbocycles. The van der Waals surface area contributed by atoms with E-state index in [4.69, 9.17) is 9.47 Å². The van der Waals surface area contributed by atoms with Gasteiger partial charge in [-0.25, -0.2) is 4.79 Å². The summed E-state index contributed by atoms with van der Waals surface area (Å²) in [4.78, 5) is 35.9. The number of ether oxygens (including phenoxy) is 2. The van der Waals surface area contributed by atoms with Crippen LogP contribution in [0.5, 0.6) is 0 Å². The number of carbonyl (C=O) groups is 3. The van der Waals surface area contributed by atoms with Crippen LogP contribution in [0.2, 0.25) is 0 Å². The maximum absolute atomic E-state index is 12.7. The third-order valence-corrected chi connectivity index (χ3v) is 10.1. The SMILES string of the molecule is CC(=O)OC1CCC2(C=O)C3CCC4(C)C(C5=CC(=O)OC5)C(O)CC4(O)C3CCC2(O)C1. The minimum absolute atomic E-state index is 0.135. The molecule has 5 aliphatic rings. The molecular weight excluding hydrogens is 428 g/mol. The molecule has 182 valence electrons. The average molecular weight is 463 g/mol. The fraction of sp³-hybridized carbons (Fsp3) is 0.800. The molecule has 0 aromatic carbocycles. The van der Waals surface area contributed by atoms with Crippen molar-refractivity contribution in [1.82, 2.24) is 0 Å². The third-order valence-electron chi connectivity index (χ3n) is 10.1. The lowest BCUT2D eigenvalue weighted by Crippen LogP contribution is -2.69. The second-order valence-electron chi connectivity index (χ2n) is 11.4. The number of aldehydes is 1. The Morgan fingerprint density at radius 3 is 2.52 bits per heavy atom. The number of cyclic esters (lactones) is 1. The first kappa shape index (κ1) is 23.0. The van der Waals surface area contributed by atoms with Crippen molar-refractivity contribution in [1.29, 1.82) is 0 Å². The highest BCUT2D eigenvalue weighted by Gasteiger charge is 2.73. The summed E-state index contributed by atoms with van der Waals surface area (Å²) in [5, 5.41) is 35.0. The summed E-state index contributed by atoms with van der Waals surface area (Å²) in [6, 6.07) is 0. The molecule has 0 radical (unpaired) electrons. The smallest absolute Gasteiger partial charge is 0.331 e. The summed E-state index contributed by atoms with van der Waals surface area (Å²) >= 11 is 0. The molecule has 1 heterocycles. The number of aliphatic hydroxyl groups is 3. The molecule has 8 heteroatoms. The van der Waals surface area contributed by atoms with Gasteiger partial charge in [-0.1, -0.05) is 6.92 Å². The van der Waals surface area contributed by atoms with Crippen LogP contribution >= 0.6 is 0 Å². The van der Waals surface area contributed by atoms with Gasteiger partial charge in [-0.05, 0) is 55.9 Å². The predicted molar refractivity (Wildman–Crippen MR) is 115 cm³/mol. The Bertz CT molecular complexity index is 914. The van der Waals surface area contributed by atoms with Gasteiger partial charge in [0.05, 0.1) is 22.7 Å². The number of carbonyl (C=O) groups excluding carboxylic acids is 3. The Hall–Kier alpha value is -1.77. The van der Waals surface area contributed by atoms with E-state index in [0.29, 0.717) is 38.5 Å². The molecule has 1 aliphatic heterocycles. The topological polar surface area (TPSA) is 130 Å².